The molecule has 0 aliphatic heterocycles. The summed E-state index contributed by atoms with van der Waals surface area (Å²) < 4.78 is 0.689. The Hall–Kier alpha value is 2.80. The van der Waals surface area contributed by atoms with Crippen LogP contribution in [-0.2, 0) is 0 Å². The van der Waals surface area contributed by atoms with Gasteiger partial charge in [0.25, 0.3) is 0 Å². The maximum Gasteiger partial charge on any atom is 0.0503 e. The van der Waals surface area contributed by atoms with Gasteiger partial charge < -0.3 is 0 Å². The number of rotatable bonds is 15. The minimum atomic E-state index is 0.645. The van der Waals surface area contributed by atoms with Gasteiger partial charge in [-0.15, -0.1) is 23.5 Å². The second-order valence-electron chi connectivity index (χ2n) is 4.31. The van der Waals surface area contributed by atoms with Crippen LogP contribution in [0, 0.1) is 0 Å². The van der Waals surface area contributed by atoms with Crippen LogP contribution in [0.4, 0.5) is 0 Å². The first kappa shape index (κ1) is 23.8. The average molecular weight is 441 g/mol. The van der Waals surface area contributed by atoms with Crippen molar-refractivity contribution in [2.45, 2.75) is 28.4 Å². The van der Waals surface area contributed by atoms with Crippen molar-refractivity contribution in [2.75, 3.05) is 46.0 Å². The molecule has 0 radical (unpaired) electrons. The van der Waals surface area contributed by atoms with E-state index in [4.69, 9.17) is 0 Å². The standard InChI is InChI=1S/C13H28S8/c1-2-13(20-6-4-15)21-12(8-17)10-18-9-11(7-16)19-5-3-14/h11-17H,2-10H2,1H3/t11-,12?,13?/m0/s1. The molecule has 0 fully saturated rings. The summed E-state index contributed by atoms with van der Waals surface area (Å²) in [6.07, 6.45) is 1.22. The monoisotopic (exact) mass is 440 g/mol. The number of thioether (sulfide) groups is 4. The summed E-state index contributed by atoms with van der Waals surface area (Å²) in [4.78, 5) is 0. The van der Waals surface area contributed by atoms with Gasteiger partial charge in [-0.3, -0.25) is 0 Å². The first-order valence-corrected chi connectivity index (χ1v) is 13.8. The normalized spacial score (nSPS) is 15.9. The lowest BCUT2D eigenvalue weighted by atomic mass is 10.5. The quantitative estimate of drug-likeness (QED) is 0.206. The minimum absolute atomic E-state index is 0.645. The summed E-state index contributed by atoms with van der Waals surface area (Å²) in [5.74, 6) is 8.49. The predicted octanol–water partition coefficient (Wildman–Crippen LogP) is 5.11. The van der Waals surface area contributed by atoms with E-state index in [-0.39, 0.29) is 0 Å². The molecular formula is C13H28S8. The van der Waals surface area contributed by atoms with E-state index in [0.717, 1.165) is 34.5 Å². The largest absolute Gasteiger partial charge is 0.179 e. The van der Waals surface area contributed by atoms with Gasteiger partial charge in [-0.25, -0.2) is 0 Å². The zero-order valence-electron chi connectivity index (χ0n) is 12.5. The Morgan fingerprint density at radius 1 is 0.810 bits per heavy atom. The molecule has 128 valence electrons. The SMILES string of the molecule is CCC(SCCS)SC(CS)CSC[C@H](CS)SCCS. The highest BCUT2D eigenvalue weighted by molar-refractivity contribution is 8.18. The Bertz CT molecular complexity index is 216. The molecule has 0 aliphatic rings. The lowest BCUT2D eigenvalue weighted by molar-refractivity contribution is 1.04. The smallest absolute Gasteiger partial charge is 0.0503 e. The molecule has 0 aromatic carbocycles. The summed E-state index contributed by atoms with van der Waals surface area (Å²) in [7, 11) is 0. The van der Waals surface area contributed by atoms with E-state index in [9.17, 15) is 0 Å². The van der Waals surface area contributed by atoms with E-state index >= 15 is 0 Å². The second kappa shape index (κ2) is 17.6. The highest BCUT2D eigenvalue weighted by Gasteiger charge is 2.16. The topological polar surface area (TPSA) is 0 Å². The number of hydrogen-bond acceptors (Lipinski definition) is 8. The van der Waals surface area contributed by atoms with Crippen LogP contribution in [0.15, 0.2) is 0 Å². The van der Waals surface area contributed by atoms with Crippen molar-refractivity contribution < 1.29 is 0 Å². The van der Waals surface area contributed by atoms with Crippen LogP contribution in [0.5, 0.6) is 0 Å². The molecule has 0 N–H and O–H groups in total. The lowest BCUT2D eigenvalue weighted by Crippen LogP contribution is -2.16. The van der Waals surface area contributed by atoms with Crippen molar-refractivity contribution in [1.82, 2.24) is 0 Å². The molecule has 0 rings (SSSR count). The molecule has 0 aromatic rings. The third kappa shape index (κ3) is 13.7. The maximum atomic E-state index is 4.54. The van der Waals surface area contributed by atoms with Crippen molar-refractivity contribution in [3.63, 3.8) is 0 Å². The maximum absolute atomic E-state index is 4.54. The molecule has 0 heterocycles. The molecule has 0 nitrogen and oxygen atoms in total. The van der Waals surface area contributed by atoms with Gasteiger partial charge in [0.1, 0.15) is 0 Å². The van der Waals surface area contributed by atoms with Gasteiger partial charge in [0.05, 0.1) is 4.58 Å². The van der Waals surface area contributed by atoms with Crippen molar-refractivity contribution in [2.24, 2.45) is 0 Å². The van der Waals surface area contributed by atoms with Gasteiger partial charge in [-0.2, -0.15) is 74.0 Å². The van der Waals surface area contributed by atoms with Crippen LogP contribution >= 0.6 is 97.6 Å². The predicted molar refractivity (Wildman–Crippen MR) is 127 cm³/mol. The van der Waals surface area contributed by atoms with Crippen LogP contribution < -0.4 is 0 Å². The fourth-order valence-electron chi connectivity index (χ4n) is 1.49. The van der Waals surface area contributed by atoms with E-state index in [0.29, 0.717) is 15.1 Å². The molecule has 0 saturated carbocycles. The van der Waals surface area contributed by atoms with Gasteiger partial charge in [-0.05, 0) is 17.9 Å². The molecule has 2 unspecified atom stereocenters. The first-order valence-electron chi connectivity index (χ1n) is 7.11. The Kier molecular flexibility index (Phi) is 20.0. The van der Waals surface area contributed by atoms with Crippen LogP contribution in [0.25, 0.3) is 0 Å². The van der Waals surface area contributed by atoms with Gasteiger partial charge in [0, 0.05) is 45.0 Å². The summed E-state index contributed by atoms with van der Waals surface area (Å²) in [5.41, 5.74) is 0. The van der Waals surface area contributed by atoms with Crippen LogP contribution in [0.1, 0.15) is 13.3 Å². The molecule has 0 aliphatic carbocycles. The van der Waals surface area contributed by atoms with E-state index in [1.807, 2.05) is 23.5 Å². The molecule has 0 saturated heterocycles. The van der Waals surface area contributed by atoms with Crippen molar-refractivity contribution in [3.8, 4) is 0 Å². The van der Waals surface area contributed by atoms with Crippen molar-refractivity contribution in [3.05, 3.63) is 0 Å². The molecule has 0 bridgehead atoms. The van der Waals surface area contributed by atoms with Crippen molar-refractivity contribution in [1.29, 1.82) is 0 Å². The fraction of sp³-hybridized carbons (Fsp3) is 1.00. The zero-order valence-corrected chi connectivity index (χ0v) is 19.4. The van der Waals surface area contributed by atoms with Gasteiger partial charge in [0.2, 0.25) is 0 Å². The highest BCUT2D eigenvalue weighted by atomic mass is 32.2. The van der Waals surface area contributed by atoms with E-state index in [1.54, 1.807) is 0 Å². The molecule has 21 heavy (non-hydrogen) atoms. The summed E-state index contributed by atoms with van der Waals surface area (Å²) in [6, 6.07) is 0. The minimum Gasteiger partial charge on any atom is -0.179 e. The molecule has 0 aromatic heterocycles. The molecular weight excluding hydrogens is 413 g/mol. The third-order valence-electron chi connectivity index (χ3n) is 2.53. The zero-order chi connectivity index (χ0) is 15.9. The van der Waals surface area contributed by atoms with Crippen LogP contribution in [-0.4, -0.2) is 61.1 Å². The van der Waals surface area contributed by atoms with E-state index < -0.39 is 0 Å². The second-order valence-corrected chi connectivity index (χ2v) is 11.5. The molecule has 8 heteroatoms. The Morgan fingerprint density at radius 2 is 1.38 bits per heavy atom. The van der Waals surface area contributed by atoms with Crippen LogP contribution in [0.2, 0.25) is 0 Å². The molecule has 3 atom stereocenters. The van der Waals surface area contributed by atoms with Gasteiger partial charge in [0.15, 0.2) is 0 Å². The van der Waals surface area contributed by atoms with E-state index in [1.165, 1.54) is 17.9 Å². The molecule has 0 amide bonds. The Labute approximate surface area is 170 Å². The van der Waals surface area contributed by atoms with Gasteiger partial charge in [-0.1, -0.05) is 6.92 Å². The highest BCUT2D eigenvalue weighted by Crippen LogP contribution is 2.32. The number of hydrogen-bond donors (Lipinski definition) is 4. The average Bonchev–Trinajstić information content (AvgIpc) is 2.52. The van der Waals surface area contributed by atoms with E-state index in [2.05, 4.69) is 81.0 Å². The molecule has 0 spiro atoms. The summed E-state index contributed by atoms with van der Waals surface area (Å²) in [5, 5.41) is 1.29. The third-order valence-corrected chi connectivity index (χ3v) is 11.1. The lowest BCUT2D eigenvalue weighted by Gasteiger charge is -2.21. The fourth-order valence-corrected chi connectivity index (χ4v) is 8.41. The summed E-state index contributed by atoms with van der Waals surface area (Å²) >= 11 is 25.8. The van der Waals surface area contributed by atoms with Gasteiger partial charge >= 0.3 is 0 Å². The Morgan fingerprint density at radius 3 is 1.90 bits per heavy atom. The summed E-state index contributed by atoms with van der Waals surface area (Å²) in [6.45, 7) is 2.27. The first-order chi connectivity index (χ1) is 10.2. The number of thiol groups is 4. The Balaban J connectivity index is 3.95. The van der Waals surface area contributed by atoms with Crippen LogP contribution in [0.3, 0.4) is 0 Å². The van der Waals surface area contributed by atoms with Crippen molar-refractivity contribution >= 4 is 97.6 Å².